The molecule has 10 heteroatoms. The quantitative estimate of drug-likeness (QED) is 0.142. The maximum absolute atomic E-state index is 13.3. The molecule has 5 heterocycles. The second-order valence-corrected chi connectivity index (χ2v) is 12.9. The molecule has 0 saturated carbocycles. The Balaban J connectivity index is 0.842. The number of nitrogens with one attached hydrogen (secondary N) is 2. The predicted octanol–water partition coefficient (Wildman–Crippen LogP) is 6.48. The fraction of sp³-hybridized carbons (Fsp3) is 0.300. The molecule has 1 aliphatic heterocycles. The van der Waals surface area contributed by atoms with Gasteiger partial charge in [-0.1, -0.05) is 36.4 Å². The van der Waals surface area contributed by atoms with Gasteiger partial charge < -0.3 is 29.3 Å². The van der Waals surface area contributed by atoms with Crippen molar-refractivity contribution in [1.82, 2.24) is 30.4 Å². The van der Waals surface area contributed by atoms with Crippen molar-refractivity contribution < 1.29 is 18.4 Å². The van der Waals surface area contributed by atoms with Crippen molar-refractivity contribution in [1.29, 1.82) is 0 Å². The van der Waals surface area contributed by atoms with Gasteiger partial charge in [0.1, 0.15) is 22.9 Å². The summed E-state index contributed by atoms with van der Waals surface area (Å²) >= 11 is 0. The van der Waals surface area contributed by atoms with Crippen molar-refractivity contribution in [3.63, 3.8) is 0 Å². The highest BCUT2D eigenvalue weighted by Gasteiger charge is 2.19. The first-order chi connectivity index (χ1) is 24.4. The Labute approximate surface area is 291 Å². The van der Waals surface area contributed by atoms with E-state index < -0.39 is 0 Å². The molecule has 4 aromatic heterocycles. The van der Waals surface area contributed by atoms with Gasteiger partial charge in [0.15, 0.2) is 11.5 Å². The Kier molecular flexibility index (Phi) is 10.00. The third-order valence-corrected chi connectivity index (χ3v) is 9.25. The fourth-order valence-electron chi connectivity index (χ4n) is 6.56. The number of carbonyl (C=O) groups is 2. The van der Waals surface area contributed by atoms with Crippen LogP contribution in [0.25, 0.3) is 44.7 Å². The summed E-state index contributed by atoms with van der Waals surface area (Å²) in [7, 11) is 0. The Hall–Kier alpha value is -5.32. The molecule has 0 atom stereocenters. The van der Waals surface area contributed by atoms with E-state index >= 15 is 0 Å². The molecule has 0 spiro atoms. The van der Waals surface area contributed by atoms with Crippen molar-refractivity contribution in [2.45, 2.75) is 26.7 Å². The van der Waals surface area contributed by atoms with Gasteiger partial charge in [-0.05, 0) is 88.3 Å². The van der Waals surface area contributed by atoms with Gasteiger partial charge in [0.05, 0.1) is 22.2 Å². The molecule has 50 heavy (non-hydrogen) atoms. The summed E-state index contributed by atoms with van der Waals surface area (Å²) in [6.07, 6.45) is 1.74. The monoisotopic (exact) mass is 670 g/mol. The largest absolute Gasteiger partial charge is 0.460 e. The summed E-state index contributed by atoms with van der Waals surface area (Å²) in [5.74, 6) is 2.71. The lowest BCUT2D eigenvalue weighted by atomic mass is 10.1. The molecule has 10 nitrogen and oxygen atoms in total. The standard InChI is InChI=1S/C40H42N6O4/c1-27-13-15-37(49-27)35-25-31(29-9-3-5-11-33(29)43-35)39(47)41-17-7-19-45-21-23-46(24-22-45)20-8-18-42-40(48)32-26-36(38-16-14-28(2)50-38)44-34-12-6-4-10-30(32)34/h3-6,9-16,25-26H,7-8,17-24H2,1-2H3,(H,41,47)(H,42,48). The van der Waals surface area contributed by atoms with E-state index in [2.05, 4.69) is 20.4 Å². The van der Waals surface area contributed by atoms with Gasteiger partial charge in [-0.2, -0.15) is 0 Å². The molecule has 6 aromatic rings. The van der Waals surface area contributed by atoms with Gasteiger partial charge in [0.25, 0.3) is 11.8 Å². The third kappa shape index (κ3) is 7.61. The highest BCUT2D eigenvalue weighted by molar-refractivity contribution is 6.08. The SMILES string of the molecule is Cc1ccc(-c2cc(C(=O)NCCCN3CCN(CCCNC(=O)c4cc(-c5ccc(C)o5)nc5ccccc45)CC3)c3ccccc3n2)o1. The maximum atomic E-state index is 13.3. The zero-order valence-corrected chi connectivity index (χ0v) is 28.6. The van der Waals surface area contributed by atoms with Gasteiger partial charge in [-0.25, -0.2) is 9.97 Å². The van der Waals surface area contributed by atoms with E-state index in [-0.39, 0.29) is 11.8 Å². The first kappa shape index (κ1) is 33.2. The van der Waals surface area contributed by atoms with Gasteiger partial charge in [-0.3, -0.25) is 9.59 Å². The molecule has 2 amide bonds. The summed E-state index contributed by atoms with van der Waals surface area (Å²) in [6.45, 7) is 10.8. The predicted molar refractivity (Wildman–Crippen MR) is 195 cm³/mol. The minimum atomic E-state index is -0.102. The average molecular weight is 671 g/mol. The van der Waals surface area contributed by atoms with Crippen LogP contribution in [0.2, 0.25) is 0 Å². The zero-order chi connectivity index (χ0) is 34.5. The number of furan rings is 2. The summed E-state index contributed by atoms with van der Waals surface area (Å²) in [6, 6.07) is 26.6. The van der Waals surface area contributed by atoms with Crippen LogP contribution in [0.15, 0.2) is 93.8 Å². The second-order valence-electron chi connectivity index (χ2n) is 12.9. The molecule has 1 fully saturated rings. The Morgan fingerprint density at radius 2 is 1.04 bits per heavy atom. The number of aryl methyl sites for hydroxylation is 2. The Morgan fingerprint density at radius 3 is 1.44 bits per heavy atom. The number of pyridine rings is 2. The van der Waals surface area contributed by atoms with Crippen LogP contribution in [-0.4, -0.2) is 83.9 Å². The third-order valence-electron chi connectivity index (χ3n) is 9.25. The molecule has 256 valence electrons. The normalized spacial score (nSPS) is 14.0. The number of nitrogens with zero attached hydrogens (tertiary/aromatic N) is 4. The van der Waals surface area contributed by atoms with Crippen LogP contribution in [-0.2, 0) is 0 Å². The average Bonchev–Trinajstić information content (AvgIpc) is 3.79. The van der Waals surface area contributed by atoms with E-state index in [0.29, 0.717) is 47.1 Å². The number of piperazine rings is 1. The zero-order valence-electron chi connectivity index (χ0n) is 28.6. The smallest absolute Gasteiger partial charge is 0.252 e. The maximum Gasteiger partial charge on any atom is 0.252 e. The van der Waals surface area contributed by atoms with E-state index in [0.717, 1.165) is 85.4 Å². The van der Waals surface area contributed by atoms with Crippen molar-refractivity contribution in [2.75, 3.05) is 52.4 Å². The van der Waals surface area contributed by atoms with Gasteiger partial charge >= 0.3 is 0 Å². The molecule has 0 aliphatic carbocycles. The number of amides is 2. The number of aromatic nitrogens is 2. The van der Waals surface area contributed by atoms with E-state index in [4.69, 9.17) is 18.8 Å². The van der Waals surface area contributed by atoms with Crippen LogP contribution in [0.1, 0.15) is 45.1 Å². The second kappa shape index (κ2) is 15.1. The molecule has 0 radical (unpaired) electrons. The lowest BCUT2D eigenvalue weighted by molar-refractivity contribution is 0.0936. The number of para-hydroxylation sites is 2. The number of fused-ring (bicyclic) bond motifs is 2. The topological polar surface area (TPSA) is 117 Å². The molecule has 1 aliphatic rings. The number of hydrogen-bond acceptors (Lipinski definition) is 8. The van der Waals surface area contributed by atoms with Crippen molar-refractivity contribution >= 4 is 33.6 Å². The van der Waals surface area contributed by atoms with E-state index in [9.17, 15) is 9.59 Å². The first-order valence-electron chi connectivity index (χ1n) is 17.4. The molecule has 1 saturated heterocycles. The molecule has 0 unspecified atom stereocenters. The molecular formula is C40H42N6O4. The summed E-state index contributed by atoms with van der Waals surface area (Å²) < 4.78 is 11.6. The fourth-order valence-corrected chi connectivity index (χ4v) is 6.56. The molecule has 7 rings (SSSR count). The highest BCUT2D eigenvalue weighted by Crippen LogP contribution is 2.28. The summed E-state index contributed by atoms with van der Waals surface area (Å²) in [5, 5.41) is 7.90. The molecular weight excluding hydrogens is 628 g/mol. The van der Waals surface area contributed by atoms with Gasteiger partial charge in [0.2, 0.25) is 0 Å². The van der Waals surface area contributed by atoms with Crippen LogP contribution in [0.3, 0.4) is 0 Å². The van der Waals surface area contributed by atoms with Crippen molar-refractivity contribution in [3.8, 4) is 22.9 Å². The molecule has 2 N–H and O–H groups in total. The number of hydrogen-bond donors (Lipinski definition) is 2. The highest BCUT2D eigenvalue weighted by atomic mass is 16.3. The lowest BCUT2D eigenvalue weighted by Crippen LogP contribution is -2.47. The van der Waals surface area contributed by atoms with E-state index in [1.54, 1.807) is 0 Å². The summed E-state index contributed by atoms with van der Waals surface area (Å²) in [4.78, 5) is 41.0. The van der Waals surface area contributed by atoms with Gasteiger partial charge in [0, 0.05) is 50.0 Å². The number of benzene rings is 2. The van der Waals surface area contributed by atoms with Gasteiger partial charge in [-0.15, -0.1) is 0 Å². The van der Waals surface area contributed by atoms with E-state index in [1.165, 1.54) is 0 Å². The van der Waals surface area contributed by atoms with Crippen LogP contribution in [0, 0.1) is 13.8 Å². The Bertz CT molecular complexity index is 1980. The van der Waals surface area contributed by atoms with Crippen LogP contribution in [0.5, 0.6) is 0 Å². The molecule has 2 aromatic carbocycles. The van der Waals surface area contributed by atoms with Crippen LogP contribution >= 0.6 is 0 Å². The van der Waals surface area contributed by atoms with Crippen molar-refractivity contribution in [3.05, 3.63) is 108 Å². The van der Waals surface area contributed by atoms with Crippen LogP contribution in [0.4, 0.5) is 0 Å². The Morgan fingerprint density at radius 1 is 0.620 bits per heavy atom. The number of rotatable bonds is 12. The van der Waals surface area contributed by atoms with E-state index in [1.807, 2.05) is 98.8 Å². The lowest BCUT2D eigenvalue weighted by Gasteiger charge is -2.34. The minimum absolute atomic E-state index is 0.102. The minimum Gasteiger partial charge on any atom is -0.460 e. The first-order valence-corrected chi connectivity index (χ1v) is 17.4. The van der Waals surface area contributed by atoms with Crippen LogP contribution < -0.4 is 10.6 Å². The molecule has 0 bridgehead atoms. The number of carbonyl (C=O) groups excluding carboxylic acids is 2. The summed E-state index contributed by atoms with van der Waals surface area (Å²) in [5.41, 5.74) is 4.04. The van der Waals surface area contributed by atoms with Crippen molar-refractivity contribution in [2.24, 2.45) is 0 Å².